The topological polar surface area (TPSA) is 37.3 Å². The maximum Gasteiger partial charge on any atom is 0.309 e. The van der Waals surface area contributed by atoms with Gasteiger partial charge in [-0.1, -0.05) is 31.9 Å². The summed E-state index contributed by atoms with van der Waals surface area (Å²) < 4.78 is 0. The molecule has 0 aromatic heterocycles. The van der Waals surface area contributed by atoms with Crippen molar-refractivity contribution in [2.24, 2.45) is 35.0 Å². The Balaban J connectivity index is 1.84. The molecule has 0 aromatic carbocycles. The van der Waals surface area contributed by atoms with E-state index >= 15 is 0 Å². The fourth-order valence-electron chi connectivity index (χ4n) is 5.59. The number of aliphatic carboxylic acids is 1. The number of carboxylic acids is 1. The molecule has 3 aliphatic rings. The maximum atomic E-state index is 11.8. The Morgan fingerprint density at radius 2 is 2.00 bits per heavy atom. The molecule has 0 saturated heterocycles. The van der Waals surface area contributed by atoms with Gasteiger partial charge in [-0.25, -0.2) is 0 Å². The lowest BCUT2D eigenvalue weighted by Crippen LogP contribution is -2.49. The molecule has 0 spiro atoms. The molecule has 1 N–H and O–H groups in total. The Kier molecular flexibility index (Phi) is 3.92. The first kappa shape index (κ1) is 15.1. The summed E-state index contributed by atoms with van der Waals surface area (Å²) >= 11 is 0. The third-order valence-corrected chi connectivity index (χ3v) is 6.90. The van der Waals surface area contributed by atoms with Gasteiger partial charge in [0.15, 0.2) is 0 Å². The highest BCUT2D eigenvalue weighted by molar-refractivity contribution is 5.74. The van der Waals surface area contributed by atoms with Gasteiger partial charge in [0.2, 0.25) is 0 Å². The van der Waals surface area contributed by atoms with Crippen LogP contribution < -0.4 is 0 Å². The van der Waals surface area contributed by atoms with Crippen LogP contribution in [-0.2, 0) is 4.79 Å². The molecule has 2 heteroatoms. The van der Waals surface area contributed by atoms with Crippen LogP contribution in [0.3, 0.4) is 0 Å². The molecule has 5 atom stereocenters. The second-order valence-corrected chi connectivity index (χ2v) is 8.23. The van der Waals surface area contributed by atoms with Gasteiger partial charge in [-0.05, 0) is 75.0 Å². The number of carbonyl (C=O) groups is 1. The van der Waals surface area contributed by atoms with E-state index in [-0.39, 0.29) is 0 Å². The van der Waals surface area contributed by atoms with E-state index in [1.54, 1.807) is 5.57 Å². The third kappa shape index (κ3) is 2.45. The van der Waals surface area contributed by atoms with Gasteiger partial charge in [-0.2, -0.15) is 0 Å². The van der Waals surface area contributed by atoms with E-state index in [0.717, 1.165) is 31.1 Å². The van der Waals surface area contributed by atoms with Gasteiger partial charge in [0, 0.05) is 0 Å². The van der Waals surface area contributed by atoms with Crippen molar-refractivity contribution in [2.45, 2.75) is 65.7 Å². The lowest BCUT2D eigenvalue weighted by molar-refractivity contribution is -0.159. The summed E-state index contributed by atoms with van der Waals surface area (Å²) in [5, 5.41) is 9.74. The van der Waals surface area contributed by atoms with E-state index in [9.17, 15) is 9.90 Å². The summed E-state index contributed by atoms with van der Waals surface area (Å²) in [4.78, 5) is 11.8. The van der Waals surface area contributed by atoms with Crippen molar-refractivity contribution in [3.8, 4) is 0 Å². The van der Waals surface area contributed by atoms with Crippen molar-refractivity contribution in [1.82, 2.24) is 0 Å². The van der Waals surface area contributed by atoms with Crippen molar-refractivity contribution >= 4 is 5.97 Å². The molecule has 0 heterocycles. The van der Waals surface area contributed by atoms with Crippen LogP contribution in [0.15, 0.2) is 11.6 Å². The predicted molar refractivity (Wildman–Crippen MR) is 84.9 cm³/mol. The van der Waals surface area contributed by atoms with Crippen LogP contribution in [0.5, 0.6) is 0 Å². The SMILES string of the molecule is CC(C)C1=CC2CCC3C(CCC[C@@]3(C)C(=O)O)C2CC1. The third-order valence-electron chi connectivity index (χ3n) is 6.90. The second-order valence-electron chi connectivity index (χ2n) is 8.23. The zero-order valence-corrected chi connectivity index (χ0v) is 13.8. The Morgan fingerprint density at radius 1 is 1.24 bits per heavy atom. The van der Waals surface area contributed by atoms with Gasteiger partial charge in [0.1, 0.15) is 0 Å². The summed E-state index contributed by atoms with van der Waals surface area (Å²) in [7, 11) is 0. The Bertz CT molecular complexity index is 450. The van der Waals surface area contributed by atoms with Gasteiger partial charge in [0.25, 0.3) is 0 Å². The van der Waals surface area contributed by atoms with Crippen LogP contribution in [-0.4, -0.2) is 11.1 Å². The summed E-state index contributed by atoms with van der Waals surface area (Å²) in [5.41, 5.74) is 1.18. The number of carboxylic acid groups (broad SMARTS) is 1. The number of fused-ring (bicyclic) bond motifs is 3. The standard InChI is InChI=1S/C19H30O2/c1-12(2)13-6-8-15-14(11-13)7-9-17-16(15)5-4-10-19(17,3)18(20)21/h11-12,14-17H,4-10H2,1-3H3,(H,20,21)/t14?,15?,16?,17?,19-/m1/s1. The van der Waals surface area contributed by atoms with E-state index in [1.807, 2.05) is 6.92 Å². The highest BCUT2D eigenvalue weighted by Gasteiger charge is 2.52. The number of hydrogen-bond acceptors (Lipinski definition) is 1. The van der Waals surface area contributed by atoms with E-state index in [1.165, 1.54) is 25.7 Å². The van der Waals surface area contributed by atoms with E-state index in [0.29, 0.717) is 17.8 Å². The Hall–Kier alpha value is -0.790. The molecular formula is C19H30O2. The molecule has 0 radical (unpaired) electrons. The number of hydrogen-bond donors (Lipinski definition) is 1. The average Bonchev–Trinajstić information content (AvgIpc) is 2.46. The summed E-state index contributed by atoms with van der Waals surface area (Å²) in [6, 6.07) is 0. The van der Waals surface area contributed by atoms with Crippen LogP contribution >= 0.6 is 0 Å². The van der Waals surface area contributed by atoms with E-state index in [4.69, 9.17) is 0 Å². The fraction of sp³-hybridized carbons (Fsp3) is 0.842. The van der Waals surface area contributed by atoms with Crippen molar-refractivity contribution in [2.75, 3.05) is 0 Å². The Labute approximate surface area is 129 Å². The first-order valence-electron chi connectivity index (χ1n) is 8.87. The summed E-state index contributed by atoms with van der Waals surface area (Å²) in [6.07, 6.45) is 10.7. The quantitative estimate of drug-likeness (QED) is 0.735. The zero-order valence-electron chi connectivity index (χ0n) is 13.8. The average molecular weight is 290 g/mol. The monoisotopic (exact) mass is 290 g/mol. The highest BCUT2D eigenvalue weighted by atomic mass is 16.4. The van der Waals surface area contributed by atoms with E-state index in [2.05, 4.69) is 19.9 Å². The van der Waals surface area contributed by atoms with Gasteiger partial charge >= 0.3 is 5.97 Å². The minimum atomic E-state index is -0.551. The van der Waals surface area contributed by atoms with Crippen molar-refractivity contribution in [1.29, 1.82) is 0 Å². The molecule has 0 amide bonds. The van der Waals surface area contributed by atoms with Crippen molar-refractivity contribution in [3.63, 3.8) is 0 Å². The fourth-order valence-corrected chi connectivity index (χ4v) is 5.59. The zero-order chi connectivity index (χ0) is 15.2. The molecule has 2 saturated carbocycles. The molecule has 2 nitrogen and oxygen atoms in total. The lowest BCUT2D eigenvalue weighted by atomic mass is 9.51. The first-order valence-corrected chi connectivity index (χ1v) is 8.87. The van der Waals surface area contributed by atoms with Crippen LogP contribution in [0.1, 0.15) is 65.7 Å². The first-order chi connectivity index (χ1) is 9.93. The van der Waals surface area contributed by atoms with Gasteiger partial charge in [-0.15, -0.1) is 0 Å². The van der Waals surface area contributed by atoms with Crippen molar-refractivity contribution < 1.29 is 9.90 Å². The molecule has 3 aliphatic carbocycles. The molecule has 118 valence electrons. The number of rotatable bonds is 2. The Morgan fingerprint density at radius 3 is 2.67 bits per heavy atom. The molecule has 21 heavy (non-hydrogen) atoms. The summed E-state index contributed by atoms with van der Waals surface area (Å²) in [5.74, 6) is 2.69. The molecule has 3 rings (SSSR count). The largest absolute Gasteiger partial charge is 0.481 e. The number of allylic oxidation sites excluding steroid dienone is 2. The minimum Gasteiger partial charge on any atom is -0.481 e. The molecule has 0 aliphatic heterocycles. The molecule has 2 fully saturated rings. The molecule has 0 aromatic rings. The van der Waals surface area contributed by atoms with Crippen molar-refractivity contribution in [3.05, 3.63) is 11.6 Å². The molecular weight excluding hydrogens is 260 g/mol. The van der Waals surface area contributed by atoms with Crippen LogP contribution in [0.25, 0.3) is 0 Å². The smallest absolute Gasteiger partial charge is 0.309 e. The molecule has 4 unspecified atom stereocenters. The van der Waals surface area contributed by atoms with Gasteiger partial charge in [-0.3, -0.25) is 4.79 Å². The minimum absolute atomic E-state index is 0.416. The van der Waals surface area contributed by atoms with Crippen LogP contribution in [0.4, 0.5) is 0 Å². The van der Waals surface area contributed by atoms with Crippen LogP contribution in [0, 0.1) is 35.0 Å². The van der Waals surface area contributed by atoms with Crippen LogP contribution in [0.2, 0.25) is 0 Å². The molecule has 0 bridgehead atoms. The maximum absolute atomic E-state index is 11.8. The highest BCUT2D eigenvalue weighted by Crippen LogP contribution is 2.57. The van der Waals surface area contributed by atoms with Gasteiger partial charge < -0.3 is 5.11 Å². The second kappa shape index (κ2) is 5.44. The lowest BCUT2D eigenvalue weighted by Gasteiger charge is -2.53. The van der Waals surface area contributed by atoms with Gasteiger partial charge in [0.05, 0.1) is 5.41 Å². The normalized spacial score (nSPS) is 43.0. The predicted octanol–water partition coefficient (Wildman–Crippen LogP) is 4.90. The van der Waals surface area contributed by atoms with E-state index < -0.39 is 11.4 Å². The summed E-state index contributed by atoms with van der Waals surface area (Å²) in [6.45, 7) is 6.63.